The number of aliphatic hydroxyl groups excluding tert-OH is 1. The summed E-state index contributed by atoms with van der Waals surface area (Å²) in [6.45, 7) is 13.1. The lowest BCUT2D eigenvalue weighted by molar-refractivity contribution is -0.158. The first-order valence-electron chi connectivity index (χ1n) is 9.06. The van der Waals surface area contributed by atoms with E-state index in [1.165, 1.54) is 6.42 Å². The van der Waals surface area contributed by atoms with Crippen LogP contribution in [0.3, 0.4) is 0 Å². The van der Waals surface area contributed by atoms with E-state index >= 15 is 0 Å². The van der Waals surface area contributed by atoms with Crippen LogP contribution in [0.4, 0.5) is 0 Å². The molecule has 0 saturated heterocycles. The largest absolute Gasteiger partial charge is 0.392 e. The molecule has 124 valence electrons. The smallest absolute Gasteiger partial charge is 0.137 e. The Hall–Kier alpha value is -0.630. The van der Waals surface area contributed by atoms with Gasteiger partial charge in [0.05, 0.1) is 6.10 Å². The van der Waals surface area contributed by atoms with Crippen molar-refractivity contribution in [3.63, 3.8) is 0 Å². The molecule has 22 heavy (non-hydrogen) atoms. The first-order valence-corrected chi connectivity index (χ1v) is 9.06. The minimum Gasteiger partial charge on any atom is -0.392 e. The van der Waals surface area contributed by atoms with Crippen LogP contribution in [0.15, 0.2) is 12.7 Å². The van der Waals surface area contributed by atoms with Crippen LogP contribution in [-0.2, 0) is 4.79 Å². The number of ketones is 1. The Morgan fingerprint density at radius 1 is 1.18 bits per heavy atom. The van der Waals surface area contributed by atoms with Crippen molar-refractivity contribution in [1.29, 1.82) is 0 Å². The SMILES string of the molecule is C=CC1(C)CCC2(C)C(C)CCC3(CCC(=O)C23)C(C)C1O. The summed E-state index contributed by atoms with van der Waals surface area (Å²) in [6.07, 6.45) is 7.52. The molecular weight excluding hydrogens is 272 g/mol. The van der Waals surface area contributed by atoms with Gasteiger partial charge in [-0.3, -0.25) is 4.79 Å². The highest BCUT2D eigenvalue weighted by Crippen LogP contribution is 2.67. The molecule has 1 N–H and O–H groups in total. The van der Waals surface area contributed by atoms with Gasteiger partial charge in [-0.25, -0.2) is 0 Å². The number of hydrogen-bond donors (Lipinski definition) is 1. The van der Waals surface area contributed by atoms with Gasteiger partial charge in [0.15, 0.2) is 0 Å². The summed E-state index contributed by atoms with van der Waals surface area (Å²) in [5.41, 5.74) is -0.131. The molecule has 3 aliphatic carbocycles. The molecular formula is C20H32O2. The lowest BCUT2D eigenvalue weighted by atomic mass is 9.44. The molecule has 0 aromatic rings. The molecule has 7 atom stereocenters. The van der Waals surface area contributed by atoms with Crippen molar-refractivity contribution in [2.75, 3.05) is 0 Å². The predicted octanol–water partition coefficient (Wildman–Crippen LogP) is 4.37. The van der Waals surface area contributed by atoms with E-state index in [0.29, 0.717) is 11.7 Å². The Morgan fingerprint density at radius 2 is 1.86 bits per heavy atom. The van der Waals surface area contributed by atoms with E-state index in [1.54, 1.807) is 0 Å². The summed E-state index contributed by atoms with van der Waals surface area (Å²) < 4.78 is 0. The van der Waals surface area contributed by atoms with Crippen molar-refractivity contribution in [1.82, 2.24) is 0 Å². The molecule has 7 unspecified atom stereocenters. The zero-order chi connectivity index (χ0) is 16.3. The van der Waals surface area contributed by atoms with Crippen LogP contribution < -0.4 is 0 Å². The molecule has 0 amide bonds. The minimum absolute atomic E-state index is 0.0163. The lowest BCUT2D eigenvalue weighted by Gasteiger charge is -2.60. The van der Waals surface area contributed by atoms with Crippen LogP contribution in [0.5, 0.6) is 0 Å². The first-order chi connectivity index (χ1) is 10.2. The summed E-state index contributed by atoms with van der Waals surface area (Å²) in [5.74, 6) is 1.38. The summed E-state index contributed by atoms with van der Waals surface area (Å²) in [4.78, 5) is 12.8. The van der Waals surface area contributed by atoms with E-state index in [0.717, 1.165) is 32.1 Å². The van der Waals surface area contributed by atoms with Crippen molar-refractivity contribution < 1.29 is 9.90 Å². The van der Waals surface area contributed by atoms with E-state index in [1.807, 2.05) is 6.08 Å². The first kappa shape index (κ1) is 16.2. The molecule has 2 nitrogen and oxygen atoms in total. The van der Waals surface area contributed by atoms with Crippen molar-refractivity contribution in [2.45, 2.75) is 72.3 Å². The summed E-state index contributed by atoms with van der Waals surface area (Å²) in [7, 11) is 0. The Kier molecular flexibility index (Phi) is 3.64. The van der Waals surface area contributed by atoms with E-state index in [4.69, 9.17) is 0 Å². The average Bonchev–Trinajstić information content (AvgIpc) is 2.86. The number of carbonyl (C=O) groups excluding carboxylic acids is 1. The third kappa shape index (κ3) is 1.85. The molecule has 3 saturated carbocycles. The topological polar surface area (TPSA) is 37.3 Å². The van der Waals surface area contributed by atoms with Crippen molar-refractivity contribution in [3.05, 3.63) is 12.7 Å². The second kappa shape index (κ2) is 4.93. The van der Waals surface area contributed by atoms with Gasteiger partial charge in [-0.1, -0.05) is 33.8 Å². The van der Waals surface area contributed by atoms with Crippen molar-refractivity contribution in [2.24, 2.45) is 34.0 Å². The number of Topliss-reactive ketones (excluding diaryl/α,β-unsaturated/α-hetero) is 1. The number of aliphatic hydroxyl groups is 1. The van der Waals surface area contributed by atoms with E-state index in [-0.39, 0.29) is 28.1 Å². The zero-order valence-electron chi connectivity index (χ0n) is 14.7. The molecule has 0 radical (unpaired) electrons. The van der Waals surface area contributed by atoms with Gasteiger partial charge in [0.2, 0.25) is 0 Å². The second-order valence-corrected chi connectivity index (χ2v) is 9.02. The third-order valence-electron chi connectivity index (χ3n) is 8.29. The number of carbonyl (C=O) groups is 1. The van der Waals surface area contributed by atoms with Gasteiger partial charge in [0.25, 0.3) is 0 Å². The Labute approximate surface area is 135 Å². The minimum atomic E-state index is -0.392. The van der Waals surface area contributed by atoms with Crippen molar-refractivity contribution >= 4 is 5.78 Å². The lowest BCUT2D eigenvalue weighted by Crippen LogP contribution is -2.57. The highest BCUT2D eigenvalue weighted by atomic mass is 16.3. The third-order valence-corrected chi connectivity index (χ3v) is 8.29. The molecule has 3 aliphatic rings. The van der Waals surface area contributed by atoms with Crippen LogP contribution in [0, 0.1) is 34.0 Å². The van der Waals surface area contributed by atoms with E-state index in [9.17, 15) is 9.90 Å². The monoisotopic (exact) mass is 304 g/mol. The second-order valence-electron chi connectivity index (χ2n) is 9.02. The normalized spacial score (nSPS) is 55.2. The van der Waals surface area contributed by atoms with Crippen molar-refractivity contribution in [3.8, 4) is 0 Å². The van der Waals surface area contributed by atoms with Crippen LogP contribution in [-0.4, -0.2) is 17.0 Å². The summed E-state index contributed by atoms with van der Waals surface area (Å²) in [6, 6.07) is 0. The summed E-state index contributed by atoms with van der Waals surface area (Å²) >= 11 is 0. The van der Waals surface area contributed by atoms with Gasteiger partial charge in [0.1, 0.15) is 5.78 Å². The van der Waals surface area contributed by atoms with Crippen LogP contribution in [0.1, 0.15) is 66.2 Å². The van der Waals surface area contributed by atoms with Gasteiger partial charge in [-0.2, -0.15) is 0 Å². The van der Waals surface area contributed by atoms with Crippen LogP contribution in [0.25, 0.3) is 0 Å². The van der Waals surface area contributed by atoms with Crippen LogP contribution >= 0.6 is 0 Å². The molecule has 0 spiro atoms. The van der Waals surface area contributed by atoms with Gasteiger partial charge < -0.3 is 5.11 Å². The standard InChI is InChI=1S/C20H32O2/c1-6-18(4)11-12-19(5)13(2)7-9-20(14(3)17(18)22)10-8-15(21)16(19)20/h6,13-14,16-17,22H,1,7-12H2,2-5H3. The van der Waals surface area contributed by atoms with Crippen LogP contribution in [0.2, 0.25) is 0 Å². The highest BCUT2D eigenvalue weighted by Gasteiger charge is 2.64. The zero-order valence-corrected chi connectivity index (χ0v) is 14.7. The maximum absolute atomic E-state index is 12.8. The molecule has 3 rings (SSSR count). The molecule has 2 heteroatoms. The molecule has 2 bridgehead atoms. The maximum atomic E-state index is 12.8. The van der Waals surface area contributed by atoms with Gasteiger partial charge in [-0.15, -0.1) is 6.58 Å². The highest BCUT2D eigenvalue weighted by molar-refractivity contribution is 5.85. The molecule has 3 fully saturated rings. The van der Waals surface area contributed by atoms with Gasteiger partial charge in [-0.05, 0) is 54.8 Å². The molecule has 0 aromatic carbocycles. The number of hydrogen-bond acceptors (Lipinski definition) is 2. The quantitative estimate of drug-likeness (QED) is 0.730. The molecule has 0 aromatic heterocycles. The fourth-order valence-electron chi connectivity index (χ4n) is 6.26. The predicted molar refractivity (Wildman–Crippen MR) is 89.4 cm³/mol. The van der Waals surface area contributed by atoms with Gasteiger partial charge >= 0.3 is 0 Å². The summed E-state index contributed by atoms with van der Waals surface area (Å²) in [5, 5.41) is 11.1. The Balaban J connectivity index is 2.15. The maximum Gasteiger partial charge on any atom is 0.137 e. The molecule has 0 aliphatic heterocycles. The van der Waals surface area contributed by atoms with E-state index < -0.39 is 6.10 Å². The number of rotatable bonds is 1. The fourth-order valence-corrected chi connectivity index (χ4v) is 6.26. The Bertz CT molecular complexity index is 498. The van der Waals surface area contributed by atoms with E-state index in [2.05, 4.69) is 34.3 Å². The molecule has 0 heterocycles. The van der Waals surface area contributed by atoms with Gasteiger partial charge in [0, 0.05) is 17.8 Å². The average molecular weight is 304 g/mol. The fraction of sp³-hybridized carbons (Fsp3) is 0.850. The Morgan fingerprint density at radius 3 is 2.50 bits per heavy atom.